The van der Waals surface area contributed by atoms with Crippen LogP contribution in [0.5, 0.6) is 11.5 Å². The van der Waals surface area contributed by atoms with Crippen molar-refractivity contribution in [2.75, 3.05) is 0 Å². The maximum absolute atomic E-state index is 5.76. The summed E-state index contributed by atoms with van der Waals surface area (Å²) in [5, 5.41) is 10.7. The summed E-state index contributed by atoms with van der Waals surface area (Å²) in [4.78, 5) is 13.2. The van der Waals surface area contributed by atoms with Gasteiger partial charge in [-0.25, -0.2) is 9.97 Å². The molecule has 27 heavy (non-hydrogen) atoms. The average Bonchev–Trinajstić information content (AvgIpc) is 3.38. The molecule has 5 aromatic rings. The van der Waals surface area contributed by atoms with Gasteiger partial charge in [-0.05, 0) is 30.3 Å². The topological polar surface area (TPSA) is 94.4 Å². The Morgan fingerprint density at radius 3 is 2.52 bits per heavy atom. The van der Waals surface area contributed by atoms with Crippen LogP contribution in [0.1, 0.15) is 0 Å². The molecular formula is C19H13N7O. The summed E-state index contributed by atoms with van der Waals surface area (Å²) in [5.41, 5.74) is 2.91. The smallest absolute Gasteiger partial charge is 0.145 e. The van der Waals surface area contributed by atoms with Gasteiger partial charge in [-0.1, -0.05) is 18.2 Å². The van der Waals surface area contributed by atoms with E-state index in [0.29, 0.717) is 11.3 Å². The number of pyridine rings is 2. The number of fused-ring (bicyclic) bond motifs is 1. The minimum Gasteiger partial charge on any atom is -0.456 e. The molecule has 8 nitrogen and oxygen atoms in total. The predicted molar refractivity (Wildman–Crippen MR) is 98.6 cm³/mol. The number of hydrogen-bond donors (Lipinski definition) is 1. The van der Waals surface area contributed by atoms with E-state index in [4.69, 9.17) is 4.74 Å². The van der Waals surface area contributed by atoms with Crippen molar-refractivity contribution in [3.63, 3.8) is 0 Å². The quantitative estimate of drug-likeness (QED) is 0.531. The SMILES string of the molecule is c1ccc(Oc2ccc(-n3cnc(-c4cc5n[nH]nc5cn4)c3)nc2)cc1. The standard InChI is InChI=1S/C19H13N7O/c1-2-4-13(5-3-1)27-14-6-7-19(21-9-14)26-11-18(22-12-26)15-8-16-17(10-20-15)24-25-23-16/h1-12H,(H,23,24,25). The molecule has 1 aromatic carbocycles. The zero-order chi connectivity index (χ0) is 18.1. The fraction of sp³-hybridized carbons (Fsp3) is 0. The molecule has 0 aliphatic carbocycles. The number of nitrogens with one attached hydrogen (secondary N) is 1. The maximum atomic E-state index is 5.76. The van der Waals surface area contributed by atoms with Crippen molar-refractivity contribution in [1.82, 2.24) is 34.9 Å². The molecule has 0 saturated heterocycles. The number of aromatic nitrogens is 7. The number of ether oxygens (including phenoxy) is 1. The molecule has 0 bridgehead atoms. The summed E-state index contributed by atoms with van der Waals surface area (Å²) in [5.74, 6) is 2.17. The van der Waals surface area contributed by atoms with Gasteiger partial charge in [0.25, 0.3) is 0 Å². The number of hydrogen-bond acceptors (Lipinski definition) is 6. The lowest BCUT2D eigenvalue weighted by molar-refractivity contribution is 0.480. The van der Waals surface area contributed by atoms with Crippen LogP contribution in [-0.4, -0.2) is 34.9 Å². The van der Waals surface area contributed by atoms with Gasteiger partial charge in [-0.2, -0.15) is 15.4 Å². The summed E-state index contributed by atoms with van der Waals surface area (Å²) < 4.78 is 7.59. The van der Waals surface area contributed by atoms with Crippen molar-refractivity contribution in [1.29, 1.82) is 0 Å². The minimum atomic E-state index is 0.670. The molecule has 0 saturated carbocycles. The number of nitrogens with zero attached hydrogens (tertiary/aromatic N) is 6. The molecule has 0 amide bonds. The Labute approximate surface area is 153 Å². The zero-order valence-electron chi connectivity index (χ0n) is 14.0. The van der Waals surface area contributed by atoms with Crippen molar-refractivity contribution >= 4 is 11.0 Å². The molecule has 0 atom stereocenters. The van der Waals surface area contributed by atoms with Crippen molar-refractivity contribution in [2.45, 2.75) is 0 Å². The summed E-state index contributed by atoms with van der Waals surface area (Å²) >= 11 is 0. The van der Waals surface area contributed by atoms with Crippen LogP contribution < -0.4 is 4.74 Å². The predicted octanol–water partition coefficient (Wildman–Crippen LogP) is 3.39. The lowest BCUT2D eigenvalue weighted by atomic mass is 10.2. The second kappa shape index (κ2) is 6.34. The second-order valence-corrected chi connectivity index (χ2v) is 5.82. The van der Waals surface area contributed by atoms with Crippen molar-refractivity contribution in [3.8, 4) is 28.7 Å². The van der Waals surface area contributed by atoms with E-state index in [1.807, 2.05) is 59.3 Å². The van der Waals surface area contributed by atoms with E-state index in [0.717, 1.165) is 28.5 Å². The van der Waals surface area contributed by atoms with Crippen LogP contribution in [0.15, 0.2) is 73.4 Å². The molecular weight excluding hydrogens is 342 g/mol. The highest BCUT2D eigenvalue weighted by Crippen LogP contribution is 2.22. The Bertz CT molecular complexity index is 1200. The minimum absolute atomic E-state index is 0.670. The Morgan fingerprint density at radius 1 is 0.778 bits per heavy atom. The van der Waals surface area contributed by atoms with E-state index in [2.05, 4.69) is 30.4 Å². The number of imidazole rings is 1. The molecule has 1 N–H and O–H groups in total. The first-order valence-electron chi connectivity index (χ1n) is 8.25. The molecule has 4 aromatic heterocycles. The van der Waals surface area contributed by atoms with Gasteiger partial charge in [0, 0.05) is 6.20 Å². The van der Waals surface area contributed by atoms with E-state index in [-0.39, 0.29) is 0 Å². The Hall–Kier alpha value is -4.07. The third-order valence-corrected chi connectivity index (χ3v) is 4.01. The van der Waals surface area contributed by atoms with E-state index in [1.165, 1.54) is 0 Å². The lowest BCUT2D eigenvalue weighted by Crippen LogP contribution is -1.94. The summed E-state index contributed by atoms with van der Waals surface area (Å²) in [7, 11) is 0. The van der Waals surface area contributed by atoms with Gasteiger partial charge in [0.15, 0.2) is 0 Å². The average molecular weight is 355 g/mol. The summed E-state index contributed by atoms with van der Waals surface area (Å²) in [6.07, 6.45) is 6.92. The van der Waals surface area contributed by atoms with E-state index < -0.39 is 0 Å². The number of para-hydroxylation sites is 1. The molecule has 4 heterocycles. The highest BCUT2D eigenvalue weighted by molar-refractivity contribution is 5.76. The van der Waals surface area contributed by atoms with Crippen molar-refractivity contribution in [3.05, 3.63) is 73.4 Å². The Balaban J connectivity index is 1.39. The highest BCUT2D eigenvalue weighted by Gasteiger charge is 2.08. The first-order chi connectivity index (χ1) is 13.3. The fourth-order valence-corrected chi connectivity index (χ4v) is 2.68. The monoisotopic (exact) mass is 355 g/mol. The van der Waals surface area contributed by atoms with Gasteiger partial charge in [0.1, 0.15) is 40.4 Å². The third-order valence-electron chi connectivity index (χ3n) is 4.01. The molecule has 0 spiro atoms. The van der Waals surface area contributed by atoms with Crippen LogP contribution in [0, 0.1) is 0 Å². The van der Waals surface area contributed by atoms with Crippen LogP contribution in [0.4, 0.5) is 0 Å². The zero-order valence-corrected chi connectivity index (χ0v) is 14.0. The first kappa shape index (κ1) is 15.2. The molecule has 0 radical (unpaired) electrons. The normalized spacial score (nSPS) is 11.0. The first-order valence-corrected chi connectivity index (χ1v) is 8.25. The number of H-pyrrole nitrogens is 1. The third kappa shape index (κ3) is 2.99. The van der Waals surface area contributed by atoms with Gasteiger partial charge < -0.3 is 4.74 Å². The Morgan fingerprint density at radius 2 is 1.67 bits per heavy atom. The van der Waals surface area contributed by atoms with Crippen molar-refractivity contribution in [2.24, 2.45) is 0 Å². The van der Waals surface area contributed by atoms with Gasteiger partial charge in [0.05, 0.1) is 18.1 Å². The molecule has 8 heteroatoms. The maximum Gasteiger partial charge on any atom is 0.145 e. The van der Waals surface area contributed by atoms with Gasteiger partial charge in [0.2, 0.25) is 0 Å². The van der Waals surface area contributed by atoms with Crippen molar-refractivity contribution < 1.29 is 4.74 Å². The number of rotatable bonds is 4. The largest absolute Gasteiger partial charge is 0.456 e. The molecule has 130 valence electrons. The number of aromatic amines is 1. The van der Waals surface area contributed by atoms with Gasteiger partial charge >= 0.3 is 0 Å². The van der Waals surface area contributed by atoms with Crippen LogP contribution in [0.2, 0.25) is 0 Å². The van der Waals surface area contributed by atoms with E-state index in [1.54, 1.807) is 18.7 Å². The molecule has 0 aliphatic heterocycles. The van der Waals surface area contributed by atoms with Crippen LogP contribution in [-0.2, 0) is 0 Å². The second-order valence-electron chi connectivity index (χ2n) is 5.82. The molecule has 0 unspecified atom stereocenters. The van der Waals surface area contributed by atoms with Crippen LogP contribution in [0.3, 0.4) is 0 Å². The van der Waals surface area contributed by atoms with E-state index in [9.17, 15) is 0 Å². The summed E-state index contributed by atoms with van der Waals surface area (Å²) in [6, 6.07) is 15.2. The Kier molecular flexibility index (Phi) is 3.57. The van der Waals surface area contributed by atoms with Gasteiger partial charge in [-0.3, -0.25) is 9.55 Å². The summed E-state index contributed by atoms with van der Waals surface area (Å²) in [6.45, 7) is 0. The van der Waals surface area contributed by atoms with Gasteiger partial charge in [-0.15, -0.1) is 0 Å². The highest BCUT2D eigenvalue weighted by atomic mass is 16.5. The van der Waals surface area contributed by atoms with E-state index >= 15 is 0 Å². The number of benzene rings is 1. The molecule has 0 fully saturated rings. The fourth-order valence-electron chi connectivity index (χ4n) is 2.68. The lowest BCUT2D eigenvalue weighted by Gasteiger charge is -2.06. The molecule has 0 aliphatic rings. The van der Waals surface area contributed by atoms with Crippen LogP contribution in [0.25, 0.3) is 28.2 Å². The molecule has 5 rings (SSSR count). The van der Waals surface area contributed by atoms with Crippen LogP contribution >= 0.6 is 0 Å².